The Morgan fingerprint density at radius 1 is 1.36 bits per heavy atom. The van der Waals surface area contributed by atoms with Gasteiger partial charge in [0.05, 0.1) is 12.3 Å². The van der Waals surface area contributed by atoms with Crippen LogP contribution in [0.4, 0.5) is 4.79 Å². The summed E-state index contributed by atoms with van der Waals surface area (Å²) in [4.78, 5) is 11.9. The van der Waals surface area contributed by atoms with Crippen molar-refractivity contribution in [3.05, 3.63) is 24.2 Å². The van der Waals surface area contributed by atoms with E-state index in [4.69, 9.17) is 9.15 Å². The fourth-order valence-electron chi connectivity index (χ4n) is 2.92. The summed E-state index contributed by atoms with van der Waals surface area (Å²) >= 11 is 0. The monoisotopic (exact) mass is 308 g/mol. The molecule has 1 saturated carbocycles. The molecule has 0 saturated heterocycles. The van der Waals surface area contributed by atoms with Gasteiger partial charge in [-0.05, 0) is 65.5 Å². The fraction of sp³-hybridized carbons (Fsp3) is 0.706. The maximum Gasteiger partial charge on any atom is 0.407 e. The van der Waals surface area contributed by atoms with E-state index in [0.29, 0.717) is 6.04 Å². The zero-order valence-corrected chi connectivity index (χ0v) is 14.0. The highest BCUT2D eigenvalue weighted by atomic mass is 16.6. The fourth-order valence-corrected chi connectivity index (χ4v) is 2.92. The molecule has 1 aliphatic carbocycles. The molecule has 0 aromatic carbocycles. The quantitative estimate of drug-likeness (QED) is 0.889. The van der Waals surface area contributed by atoms with E-state index in [1.807, 2.05) is 32.9 Å². The molecule has 5 nitrogen and oxygen atoms in total. The second-order valence-electron chi connectivity index (χ2n) is 7.11. The van der Waals surface area contributed by atoms with Gasteiger partial charge in [-0.15, -0.1) is 0 Å². The first-order chi connectivity index (χ1) is 10.3. The Balaban J connectivity index is 1.80. The van der Waals surface area contributed by atoms with Crippen LogP contribution in [-0.2, 0) is 4.74 Å². The average molecular weight is 308 g/mol. The van der Waals surface area contributed by atoms with E-state index in [1.54, 1.807) is 6.26 Å². The molecule has 124 valence electrons. The van der Waals surface area contributed by atoms with Crippen LogP contribution in [-0.4, -0.2) is 23.8 Å². The van der Waals surface area contributed by atoms with Gasteiger partial charge in [0.1, 0.15) is 11.4 Å². The van der Waals surface area contributed by atoms with Gasteiger partial charge in [0.15, 0.2) is 0 Å². The van der Waals surface area contributed by atoms with Crippen molar-refractivity contribution in [3.8, 4) is 0 Å². The van der Waals surface area contributed by atoms with E-state index in [-0.39, 0.29) is 18.2 Å². The molecule has 3 atom stereocenters. The standard InChI is InChI=1S/C17H28N2O3/c1-12(15-9-6-10-21-15)18-13-7-5-8-14(11-13)19-16(20)22-17(2,3)4/h6,9-10,12-14,18H,5,7-8,11H2,1-4H3,(H,19,20). The molecule has 3 unspecified atom stereocenters. The first kappa shape index (κ1) is 16.9. The highest BCUT2D eigenvalue weighted by molar-refractivity contribution is 5.68. The summed E-state index contributed by atoms with van der Waals surface area (Å²) in [5.41, 5.74) is -0.454. The SMILES string of the molecule is CC(NC1CCCC(NC(=O)OC(C)(C)C)C1)c1ccco1. The van der Waals surface area contributed by atoms with Crippen LogP contribution in [0.1, 0.15) is 65.2 Å². The number of carbonyl (C=O) groups excluding carboxylic acids is 1. The van der Waals surface area contributed by atoms with Crippen LogP contribution in [0.25, 0.3) is 0 Å². The summed E-state index contributed by atoms with van der Waals surface area (Å²) in [5.74, 6) is 0.947. The minimum Gasteiger partial charge on any atom is -0.468 e. The molecule has 1 fully saturated rings. The maximum atomic E-state index is 11.9. The lowest BCUT2D eigenvalue weighted by molar-refractivity contribution is 0.0488. The van der Waals surface area contributed by atoms with Gasteiger partial charge in [0.2, 0.25) is 0 Å². The first-order valence-electron chi connectivity index (χ1n) is 8.12. The number of alkyl carbamates (subject to hydrolysis) is 1. The molecule has 0 spiro atoms. The molecule has 5 heteroatoms. The minimum atomic E-state index is -0.454. The molecule has 0 bridgehead atoms. The summed E-state index contributed by atoms with van der Waals surface area (Å²) < 4.78 is 10.8. The van der Waals surface area contributed by atoms with E-state index in [1.165, 1.54) is 0 Å². The normalized spacial score (nSPS) is 23.8. The van der Waals surface area contributed by atoms with Gasteiger partial charge in [0.25, 0.3) is 0 Å². The van der Waals surface area contributed by atoms with Gasteiger partial charge in [-0.2, -0.15) is 0 Å². The van der Waals surface area contributed by atoms with Crippen molar-refractivity contribution in [1.82, 2.24) is 10.6 Å². The van der Waals surface area contributed by atoms with Gasteiger partial charge in [0, 0.05) is 12.1 Å². The van der Waals surface area contributed by atoms with Crippen molar-refractivity contribution in [1.29, 1.82) is 0 Å². The lowest BCUT2D eigenvalue weighted by atomic mass is 9.90. The van der Waals surface area contributed by atoms with E-state index in [9.17, 15) is 4.79 Å². The lowest BCUT2D eigenvalue weighted by Gasteiger charge is -2.32. The third-order valence-corrected chi connectivity index (χ3v) is 3.85. The molecule has 1 heterocycles. The predicted octanol–water partition coefficient (Wildman–Crippen LogP) is 3.77. The summed E-state index contributed by atoms with van der Waals surface area (Å²) in [6, 6.07) is 4.62. The van der Waals surface area contributed by atoms with Crippen LogP contribution in [0.3, 0.4) is 0 Å². The van der Waals surface area contributed by atoms with Crippen molar-refractivity contribution < 1.29 is 13.9 Å². The molecule has 0 aliphatic heterocycles. The maximum absolute atomic E-state index is 11.9. The Bertz CT molecular complexity index is 465. The average Bonchev–Trinajstić information content (AvgIpc) is 2.90. The van der Waals surface area contributed by atoms with E-state index in [0.717, 1.165) is 31.4 Å². The first-order valence-corrected chi connectivity index (χ1v) is 8.12. The van der Waals surface area contributed by atoms with Gasteiger partial charge in [-0.3, -0.25) is 0 Å². The van der Waals surface area contributed by atoms with Crippen LogP contribution in [0.5, 0.6) is 0 Å². The summed E-state index contributed by atoms with van der Waals surface area (Å²) in [7, 11) is 0. The number of carbonyl (C=O) groups is 1. The topological polar surface area (TPSA) is 63.5 Å². The van der Waals surface area contributed by atoms with Crippen LogP contribution < -0.4 is 10.6 Å². The molecule has 1 aromatic rings. The van der Waals surface area contributed by atoms with Crippen LogP contribution in [0, 0.1) is 0 Å². The van der Waals surface area contributed by atoms with Gasteiger partial charge < -0.3 is 19.8 Å². The summed E-state index contributed by atoms with van der Waals surface area (Å²) in [6.07, 6.45) is 5.52. The van der Waals surface area contributed by atoms with Crippen LogP contribution in [0.15, 0.2) is 22.8 Å². The number of rotatable bonds is 4. The summed E-state index contributed by atoms with van der Waals surface area (Å²) in [6.45, 7) is 7.73. The lowest BCUT2D eigenvalue weighted by Crippen LogP contribution is -2.46. The molecular formula is C17H28N2O3. The largest absolute Gasteiger partial charge is 0.468 e. The zero-order chi connectivity index (χ0) is 16.2. The van der Waals surface area contributed by atoms with Crippen molar-refractivity contribution in [2.75, 3.05) is 0 Å². The predicted molar refractivity (Wildman–Crippen MR) is 85.7 cm³/mol. The highest BCUT2D eigenvalue weighted by Crippen LogP contribution is 2.22. The van der Waals surface area contributed by atoms with E-state index < -0.39 is 5.60 Å². The van der Waals surface area contributed by atoms with Crippen molar-refractivity contribution in [2.24, 2.45) is 0 Å². The third kappa shape index (κ3) is 5.37. The molecule has 1 amide bonds. The molecule has 0 radical (unpaired) electrons. The number of ether oxygens (including phenoxy) is 1. The molecule has 2 rings (SSSR count). The number of hydrogen-bond donors (Lipinski definition) is 2. The van der Waals surface area contributed by atoms with Crippen molar-refractivity contribution >= 4 is 6.09 Å². The Morgan fingerprint density at radius 2 is 2.09 bits per heavy atom. The minimum absolute atomic E-state index is 0.171. The smallest absolute Gasteiger partial charge is 0.407 e. The highest BCUT2D eigenvalue weighted by Gasteiger charge is 2.26. The molecule has 1 aliphatic rings. The summed E-state index contributed by atoms with van der Waals surface area (Å²) in [5, 5.41) is 6.58. The Hall–Kier alpha value is -1.49. The number of furan rings is 1. The van der Waals surface area contributed by atoms with Crippen LogP contribution in [0.2, 0.25) is 0 Å². The Labute approximate surface area is 132 Å². The molecule has 1 aromatic heterocycles. The third-order valence-electron chi connectivity index (χ3n) is 3.85. The van der Waals surface area contributed by atoms with E-state index in [2.05, 4.69) is 17.6 Å². The Kier molecular flexibility index (Phi) is 5.51. The zero-order valence-electron chi connectivity index (χ0n) is 14.0. The Morgan fingerprint density at radius 3 is 2.73 bits per heavy atom. The second-order valence-corrected chi connectivity index (χ2v) is 7.11. The number of nitrogens with one attached hydrogen (secondary N) is 2. The van der Waals surface area contributed by atoms with Gasteiger partial charge >= 0.3 is 6.09 Å². The van der Waals surface area contributed by atoms with Crippen LogP contribution >= 0.6 is 0 Å². The van der Waals surface area contributed by atoms with Crippen molar-refractivity contribution in [3.63, 3.8) is 0 Å². The van der Waals surface area contributed by atoms with E-state index >= 15 is 0 Å². The van der Waals surface area contributed by atoms with Crippen molar-refractivity contribution in [2.45, 2.75) is 77.1 Å². The number of amides is 1. The van der Waals surface area contributed by atoms with Gasteiger partial charge in [-0.25, -0.2) is 4.79 Å². The number of hydrogen-bond acceptors (Lipinski definition) is 4. The molecule has 2 N–H and O–H groups in total. The second kappa shape index (κ2) is 7.18. The molecular weight excluding hydrogens is 280 g/mol. The molecule has 22 heavy (non-hydrogen) atoms. The van der Waals surface area contributed by atoms with Gasteiger partial charge in [-0.1, -0.05) is 0 Å².